The summed E-state index contributed by atoms with van der Waals surface area (Å²) in [5.74, 6) is -0.234. The number of para-hydroxylation sites is 2. The quantitative estimate of drug-likeness (QED) is 0.121. The number of fused-ring (bicyclic) bond motifs is 4. The van der Waals surface area contributed by atoms with E-state index in [1.54, 1.807) is 12.1 Å². The first-order valence-electron chi connectivity index (χ1n) is 14.5. The van der Waals surface area contributed by atoms with E-state index in [1.165, 1.54) is 0 Å². The third-order valence-corrected chi connectivity index (χ3v) is 8.08. The van der Waals surface area contributed by atoms with Gasteiger partial charge in [-0.15, -0.1) is 0 Å². The van der Waals surface area contributed by atoms with Crippen molar-refractivity contribution in [3.8, 4) is 0 Å². The van der Waals surface area contributed by atoms with Gasteiger partial charge in [-0.25, -0.2) is 9.97 Å². The summed E-state index contributed by atoms with van der Waals surface area (Å²) in [6.07, 6.45) is 4.80. The summed E-state index contributed by atoms with van der Waals surface area (Å²) in [7, 11) is 0. The summed E-state index contributed by atoms with van der Waals surface area (Å²) in [6.45, 7) is 1.20. The molecule has 0 aliphatic heterocycles. The number of aromatic nitrogens is 2. The van der Waals surface area contributed by atoms with Crippen molar-refractivity contribution in [2.75, 3.05) is 13.1 Å². The van der Waals surface area contributed by atoms with Crippen molar-refractivity contribution in [1.82, 2.24) is 20.6 Å². The second kappa shape index (κ2) is 12.9. The highest BCUT2D eigenvalue weighted by atomic mass is 35.5. The van der Waals surface area contributed by atoms with E-state index in [2.05, 4.69) is 10.6 Å². The molecule has 0 aliphatic carbocycles. The van der Waals surface area contributed by atoms with Gasteiger partial charge in [0.15, 0.2) is 0 Å². The molecule has 6 nitrogen and oxygen atoms in total. The minimum atomic E-state index is -0.117. The Bertz CT molecular complexity index is 1850. The Morgan fingerprint density at radius 3 is 1.44 bits per heavy atom. The second-order valence-electron chi connectivity index (χ2n) is 10.7. The smallest absolute Gasteiger partial charge is 0.253 e. The fourth-order valence-corrected chi connectivity index (χ4v) is 5.77. The number of amides is 2. The van der Waals surface area contributed by atoms with E-state index in [-0.39, 0.29) is 11.8 Å². The Morgan fingerprint density at radius 1 is 0.535 bits per heavy atom. The van der Waals surface area contributed by atoms with Crippen LogP contribution >= 0.6 is 23.2 Å². The summed E-state index contributed by atoms with van der Waals surface area (Å²) in [4.78, 5) is 35.3. The number of carbonyl (C=O) groups is 2. The van der Waals surface area contributed by atoms with Crippen LogP contribution in [0.1, 0.15) is 52.8 Å². The van der Waals surface area contributed by atoms with E-state index in [4.69, 9.17) is 33.2 Å². The van der Waals surface area contributed by atoms with Crippen LogP contribution in [-0.2, 0) is 0 Å². The van der Waals surface area contributed by atoms with Gasteiger partial charge >= 0.3 is 0 Å². The predicted octanol–water partition coefficient (Wildman–Crippen LogP) is 8.51. The fourth-order valence-electron chi connectivity index (χ4n) is 5.41. The maximum Gasteiger partial charge on any atom is 0.253 e. The largest absolute Gasteiger partial charge is 0.352 e. The van der Waals surface area contributed by atoms with Gasteiger partial charge in [0.1, 0.15) is 0 Å². The molecule has 216 valence electrons. The van der Waals surface area contributed by atoms with Crippen molar-refractivity contribution < 1.29 is 9.59 Å². The molecule has 0 saturated carbocycles. The molecule has 43 heavy (non-hydrogen) atoms. The van der Waals surface area contributed by atoms with Crippen LogP contribution in [0.5, 0.6) is 0 Å². The van der Waals surface area contributed by atoms with Crippen molar-refractivity contribution in [1.29, 1.82) is 0 Å². The van der Waals surface area contributed by atoms with Crippen LogP contribution in [0, 0.1) is 0 Å². The molecule has 2 amide bonds. The summed E-state index contributed by atoms with van der Waals surface area (Å²) >= 11 is 12.3. The van der Waals surface area contributed by atoms with Crippen molar-refractivity contribution in [3.05, 3.63) is 106 Å². The molecule has 0 bridgehead atoms. The Labute approximate surface area is 259 Å². The van der Waals surface area contributed by atoms with Crippen LogP contribution in [0.3, 0.4) is 0 Å². The van der Waals surface area contributed by atoms with Crippen LogP contribution in [0.15, 0.2) is 84.9 Å². The van der Waals surface area contributed by atoms with Crippen molar-refractivity contribution in [2.24, 2.45) is 0 Å². The average molecular weight is 610 g/mol. The molecule has 4 aromatic carbocycles. The van der Waals surface area contributed by atoms with E-state index in [0.717, 1.165) is 64.7 Å². The zero-order valence-electron chi connectivity index (χ0n) is 23.5. The first-order chi connectivity index (χ1) is 21.0. The number of benzene rings is 4. The molecule has 2 heterocycles. The number of nitrogens with zero attached hydrogens (tertiary/aromatic N) is 2. The van der Waals surface area contributed by atoms with Gasteiger partial charge in [0.2, 0.25) is 0 Å². The van der Waals surface area contributed by atoms with Crippen molar-refractivity contribution >= 4 is 78.6 Å². The molecule has 6 aromatic rings. The van der Waals surface area contributed by atoms with E-state index in [0.29, 0.717) is 45.3 Å². The maximum atomic E-state index is 12.9. The number of halogens is 2. The Morgan fingerprint density at radius 2 is 0.977 bits per heavy atom. The Hall–Kier alpha value is -4.26. The molecule has 0 fully saturated rings. The molecule has 0 radical (unpaired) electrons. The number of unbranched alkanes of at least 4 members (excludes halogenated alkanes) is 4. The normalized spacial score (nSPS) is 11.4. The van der Waals surface area contributed by atoms with Gasteiger partial charge < -0.3 is 10.6 Å². The second-order valence-corrected chi connectivity index (χ2v) is 11.6. The summed E-state index contributed by atoms with van der Waals surface area (Å²) in [5.41, 5.74) is 4.14. The van der Waals surface area contributed by atoms with Crippen LogP contribution in [0.2, 0.25) is 10.0 Å². The van der Waals surface area contributed by atoms with Gasteiger partial charge in [0, 0.05) is 44.7 Å². The number of hydrogen-bond donors (Lipinski definition) is 2. The van der Waals surface area contributed by atoms with Crippen LogP contribution in [-0.4, -0.2) is 34.9 Å². The highest BCUT2D eigenvalue weighted by molar-refractivity contribution is 6.31. The van der Waals surface area contributed by atoms with Gasteiger partial charge in [0.25, 0.3) is 11.8 Å². The number of hydrogen-bond acceptors (Lipinski definition) is 4. The lowest BCUT2D eigenvalue weighted by Crippen LogP contribution is -2.25. The molecular weight excluding hydrogens is 579 g/mol. The zero-order valence-corrected chi connectivity index (χ0v) is 25.0. The third kappa shape index (κ3) is 6.56. The molecule has 0 atom stereocenters. The highest BCUT2D eigenvalue weighted by Gasteiger charge is 2.13. The number of carbonyl (C=O) groups excluding carboxylic acids is 2. The Balaban J connectivity index is 0.939. The molecule has 2 N–H and O–H groups in total. The van der Waals surface area contributed by atoms with Crippen LogP contribution in [0.4, 0.5) is 0 Å². The maximum absolute atomic E-state index is 12.9. The fraction of sp³-hybridized carbons (Fsp3) is 0.200. The average Bonchev–Trinajstić information content (AvgIpc) is 3.01. The first-order valence-corrected chi connectivity index (χ1v) is 15.3. The standard InChI is InChI=1S/C35H30Cl2N4O2/c36-26-12-14-30-24(20-26)18-22-8-6-10-28(32(22)40-30)34(42)38-16-4-2-1-3-5-17-39-35(43)29-11-7-9-23-19-25-21-27(37)13-15-31(25)41-33(23)29/h6-15,18-21H,1-5,16-17H2,(H,38,42)(H,39,43). The summed E-state index contributed by atoms with van der Waals surface area (Å²) in [5, 5.41) is 11.1. The molecule has 0 unspecified atom stereocenters. The summed E-state index contributed by atoms with van der Waals surface area (Å²) < 4.78 is 0. The topological polar surface area (TPSA) is 84.0 Å². The molecule has 2 aromatic heterocycles. The third-order valence-electron chi connectivity index (χ3n) is 7.61. The van der Waals surface area contributed by atoms with Crippen LogP contribution in [0.25, 0.3) is 43.6 Å². The zero-order chi connectivity index (χ0) is 29.8. The van der Waals surface area contributed by atoms with Gasteiger partial charge in [-0.3, -0.25) is 9.59 Å². The number of rotatable bonds is 10. The Kier molecular flexibility index (Phi) is 8.68. The predicted molar refractivity (Wildman–Crippen MR) is 176 cm³/mol. The van der Waals surface area contributed by atoms with E-state index in [9.17, 15) is 9.59 Å². The molecule has 0 saturated heterocycles. The number of nitrogens with one attached hydrogen (secondary N) is 2. The van der Waals surface area contributed by atoms with Crippen molar-refractivity contribution in [3.63, 3.8) is 0 Å². The minimum absolute atomic E-state index is 0.117. The van der Waals surface area contributed by atoms with Gasteiger partial charge in [-0.1, -0.05) is 66.7 Å². The highest BCUT2D eigenvalue weighted by Crippen LogP contribution is 2.26. The van der Waals surface area contributed by atoms with E-state index < -0.39 is 0 Å². The molecular formula is C35H30Cl2N4O2. The van der Waals surface area contributed by atoms with E-state index in [1.807, 2.05) is 72.8 Å². The lowest BCUT2D eigenvalue weighted by Gasteiger charge is -2.10. The van der Waals surface area contributed by atoms with E-state index >= 15 is 0 Å². The summed E-state index contributed by atoms with van der Waals surface area (Å²) in [6, 6.07) is 26.4. The van der Waals surface area contributed by atoms with Gasteiger partial charge in [-0.05, 0) is 73.5 Å². The molecule has 8 heteroatoms. The molecule has 6 rings (SSSR count). The lowest BCUT2D eigenvalue weighted by molar-refractivity contribution is 0.0947. The van der Waals surface area contributed by atoms with Gasteiger partial charge in [0.05, 0.1) is 33.2 Å². The molecule has 0 aliphatic rings. The monoisotopic (exact) mass is 608 g/mol. The minimum Gasteiger partial charge on any atom is -0.352 e. The number of pyridine rings is 2. The van der Waals surface area contributed by atoms with Gasteiger partial charge in [-0.2, -0.15) is 0 Å². The van der Waals surface area contributed by atoms with Crippen molar-refractivity contribution in [2.45, 2.75) is 32.1 Å². The van der Waals surface area contributed by atoms with Crippen LogP contribution < -0.4 is 10.6 Å². The first kappa shape index (κ1) is 28.8. The lowest BCUT2D eigenvalue weighted by atomic mass is 10.1. The SMILES string of the molecule is O=C(NCCCCCCCNC(=O)c1cccc2cc3cc(Cl)ccc3nc12)c1cccc2cc3cc(Cl)ccc3nc12. The molecule has 0 spiro atoms.